The fraction of sp³-hybridized carbons (Fsp3) is 0.250. The Morgan fingerprint density at radius 2 is 1.88 bits per heavy atom. The second-order valence-electron chi connectivity index (χ2n) is 3.31. The molecule has 0 N–H and O–H groups in total. The molecule has 2 aromatic rings. The van der Waals surface area contributed by atoms with Crippen LogP contribution in [0.1, 0.15) is 0 Å². The summed E-state index contributed by atoms with van der Waals surface area (Å²) in [6.07, 6.45) is 0. The highest BCUT2D eigenvalue weighted by Crippen LogP contribution is 2.31. The maximum atomic E-state index is 11.2. The molecule has 0 aliphatic rings. The van der Waals surface area contributed by atoms with Gasteiger partial charge < -0.3 is 18.6 Å². The van der Waals surface area contributed by atoms with Crippen LogP contribution in [0.2, 0.25) is 0 Å². The minimum absolute atomic E-state index is 0.0834. The van der Waals surface area contributed by atoms with Crippen molar-refractivity contribution in [2.24, 2.45) is 0 Å². The molecule has 1 heterocycles. The van der Waals surface area contributed by atoms with Crippen molar-refractivity contribution in [3.8, 4) is 11.5 Å². The lowest BCUT2D eigenvalue weighted by molar-refractivity contribution is 0.0514. The fourth-order valence-corrected chi connectivity index (χ4v) is 1.52. The summed E-state index contributed by atoms with van der Waals surface area (Å²) in [5.41, 5.74) is -0.0816. The summed E-state index contributed by atoms with van der Waals surface area (Å²) in [4.78, 5) is 11.2. The van der Waals surface area contributed by atoms with Gasteiger partial charge in [-0.2, -0.15) is 0 Å². The Morgan fingerprint density at radius 1 is 1.12 bits per heavy atom. The van der Waals surface area contributed by atoms with E-state index in [1.54, 1.807) is 25.3 Å². The molecule has 0 aliphatic heterocycles. The second-order valence-corrected chi connectivity index (χ2v) is 3.31. The van der Waals surface area contributed by atoms with Gasteiger partial charge in [0.2, 0.25) is 0 Å². The average molecular weight is 236 g/mol. The summed E-state index contributed by atoms with van der Waals surface area (Å²) in [6, 6.07) is 6.39. The van der Waals surface area contributed by atoms with E-state index >= 15 is 0 Å². The normalized spacial score (nSPS) is 10.5. The Labute approximate surface area is 97.5 Å². The van der Waals surface area contributed by atoms with Gasteiger partial charge in [0.25, 0.3) is 0 Å². The zero-order chi connectivity index (χ0) is 12.3. The largest absolute Gasteiger partial charge is 0.496 e. The molecule has 2 rings (SSSR count). The minimum Gasteiger partial charge on any atom is -0.496 e. The van der Waals surface area contributed by atoms with Crippen molar-refractivity contribution in [2.75, 3.05) is 21.0 Å². The highest BCUT2D eigenvalue weighted by atomic mass is 16.7. The van der Waals surface area contributed by atoms with Crippen LogP contribution in [0.4, 0.5) is 0 Å². The van der Waals surface area contributed by atoms with Gasteiger partial charge in [-0.15, -0.1) is 0 Å². The fourth-order valence-electron chi connectivity index (χ4n) is 1.52. The molecule has 0 saturated heterocycles. The summed E-state index contributed by atoms with van der Waals surface area (Å²) in [5, 5.41) is 0.681. The molecule has 0 radical (unpaired) electrons. The van der Waals surface area contributed by atoms with Crippen molar-refractivity contribution in [3.05, 3.63) is 34.7 Å². The zero-order valence-corrected chi connectivity index (χ0v) is 9.56. The standard InChI is InChI=1S/C12H12O5/c1-14-7-16-10-5-4-9(15-2)8-3-6-11(13)17-12(8)10/h3-6H,7H2,1-2H3. The minimum atomic E-state index is -0.437. The lowest BCUT2D eigenvalue weighted by atomic mass is 10.2. The monoisotopic (exact) mass is 236 g/mol. The first-order chi connectivity index (χ1) is 8.26. The van der Waals surface area contributed by atoms with E-state index in [2.05, 4.69) is 0 Å². The van der Waals surface area contributed by atoms with E-state index in [0.29, 0.717) is 22.5 Å². The van der Waals surface area contributed by atoms with Crippen LogP contribution < -0.4 is 15.1 Å². The molecule has 0 atom stereocenters. The second kappa shape index (κ2) is 4.88. The highest BCUT2D eigenvalue weighted by Gasteiger charge is 2.10. The number of hydrogen-bond donors (Lipinski definition) is 0. The summed E-state index contributed by atoms with van der Waals surface area (Å²) in [6.45, 7) is 0.0834. The van der Waals surface area contributed by atoms with Gasteiger partial charge in [0.1, 0.15) is 5.75 Å². The van der Waals surface area contributed by atoms with Crippen molar-refractivity contribution in [1.29, 1.82) is 0 Å². The molecule has 17 heavy (non-hydrogen) atoms. The van der Waals surface area contributed by atoms with E-state index in [1.165, 1.54) is 13.2 Å². The maximum absolute atomic E-state index is 11.2. The van der Waals surface area contributed by atoms with Crippen LogP contribution in [-0.4, -0.2) is 21.0 Å². The van der Waals surface area contributed by atoms with Gasteiger partial charge in [-0.1, -0.05) is 0 Å². The first-order valence-electron chi connectivity index (χ1n) is 4.99. The first kappa shape index (κ1) is 11.5. The van der Waals surface area contributed by atoms with Crippen LogP contribution in [0.5, 0.6) is 11.5 Å². The van der Waals surface area contributed by atoms with Crippen LogP contribution in [-0.2, 0) is 4.74 Å². The zero-order valence-electron chi connectivity index (χ0n) is 9.56. The van der Waals surface area contributed by atoms with E-state index in [4.69, 9.17) is 18.6 Å². The molecule has 90 valence electrons. The summed E-state index contributed by atoms with van der Waals surface area (Å²) >= 11 is 0. The van der Waals surface area contributed by atoms with Gasteiger partial charge in [0.15, 0.2) is 18.1 Å². The summed E-state index contributed by atoms with van der Waals surface area (Å²) in [5.74, 6) is 1.06. The van der Waals surface area contributed by atoms with Crippen LogP contribution in [0.25, 0.3) is 11.0 Å². The quantitative estimate of drug-likeness (QED) is 0.598. The van der Waals surface area contributed by atoms with Crippen molar-refractivity contribution >= 4 is 11.0 Å². The van der Waals surface area contributed by atoms with Crippen molar-refractivity contribution in [1.82, 2.24) is 0 Å². The predicted molar refractivity (Wildman–Crippen MR) is 61.5 cm³/mol. The summed E-state index contributed by atoms with van der Waals surface area (Å²) < 4.78 is 20.4. The third kappa shape index (κ3) is 2.24. The molecule has 0 aliphatic carbocycles. The average Bonchev–Trinajstić information content (AvgIpc) is 2.35. The molecule has 5 heteroatoms. The van der Waals surface area contributed by atoms with Gasteiger partial charge in [0.05, 0.1) is 12.5 Å². The Balaban J connectivity index is 2.61. The van der Waals surface area contributed by atoms with E-state index in [1.807, 2.05) is 0 Å². The SMILES string of the molecule is COCOc1ccc(OC)c2ccc(=O)oc12. The predicted octanol–water partition coefficient (Wildman–Crippen LogP) is 1.78. The Morgan fingerprint density at radius 3 is 2.59 bits per heavy atom. The van der Waals surface area contributed by atoms with E-state index in [9.17, 15) is 4.79 Å². The Kier molecular flexibility index (Phi) is 3.30. The molecule has 0 saturated carbocycles. The molecule has 5 nitrogen and oxygen atoms in total. The lowest BCUT2D eigenvalue weighted by Crippen LogP contribution is -2.02. The highest BCUT2D eigenvalue weighted by molar-refractivity contribution is 5.88. The molecule has 1 aromatic heterocycles. The first-order valence-corrected chi connectivity index (χ1v) is 4.99. The molecular formula is C12H12O5. The number of rotatable bonds is 4. The Hall–Kier alpha value is -2.01. The van der Waals surface area contributed by atoms with Gasteiger partial charge >= 0.3 is 5.63 Å². The van der Waals surface area contributed by atoms with E-state index < -0.39 is 5.63 Å². The van der Waals surface area contributed by atoms with Gasteiger partial charge in [0, 0.05) is 13.2 Å². The van der Waals surface area contributed by atoms with Crippen molar-refractivity contribution < 1.29 is 18.6 Å². The van der Waals surface area contributed by atoms with Crippen molar-refractivity contribution in [3.63, 3.8) is 0 Å². The smallest absolute Gasteiger partial charge is 0.336 e. The lowest BCUT2D eigenvalue weighted by Gasteiger charge is -2.09. The molecular weight excluding hydrogens is 224 g/mol. The molecule has 0 spiro atoms. The Bertz CT molecular complexity index is 573. The van der Waals surface area contributed by atoms with Crippen LogP contribution in [0.3, 0.4) is 0 Å². The molecule has 0 amide bonds. The maximum Gasteiger partial charge on any atom is 0.336 e. The van der Waals surface area contributed by atoms with Gasteiger partial charge in [-0.05, 0) is 18.2 Å². The van der Waals surface area contributed by atoms with Crippen LogP contribution >= 0.6 is 0 Å². The number of hydrogen-bond acceptors (Lipinski definition) is 5. The topological polar surface area (TPSA) is 57.9 Å². The third-order valence-electron chi connectivity index (χ3n) is 2.26. The van der Waals surface area contributed by atoms with Gasteiger partial charge in [-0.25, -0.2) is 4.79 Å². The van der Waals surface area contributed by atoms with Gasteiger partial charge in [-0.3, -0.25) is 0 Å². The molecule has 0 fully saturated rings. The van der Waals surface area contributed by atoms with Crippen LogP contribution in [0, 0.1) is 0 Å². The third-order valence-corrected chi connectivity index (χ3v) is 2.26. The van der Waals surface area contributed by atoms with E-state index in [0.717, 1.165) is 0 Å². The van der Waals surface area contributed by atoms with Crippen molar-refractivity contribution in [2.45, 2.75) is 0 Å². The molecule has 0 bridgehead atoms. The number of ether oxygens (including phenoxy) is 3. The van der Waals surface area contributed by atoms with Crippen LogP contribution in [0.15, 0.2) is 33.5 Å². The molecule has 1 aromatic carbocycles. The number of methoxy groups -OCH3 is 2. The van der Waals surface area contributed by atoms with E-state index in [-0.39, 0.29) is 6.79 Å². The number of fused-ring (bicyclic) bond motifs is 1. The summed E-state index contributed by atoms with van der Waals surface area (Å²) in [7, 11) is 3.07. The molecule has 0 unspecified atom stereocenters. The number of benzene rings is 1.